The van der Waals surface area contributed by atoms with Crippen molar-refractivity contribution >= 4 is 35.5 Å². The SMILES string of the molecule is C.CC(C)CCC[C@@H](C)[C@H]1CC[C@H]2[C@@H]3CC=C4C[C@@H](OCCC(C)P(=O)(c5ccccc5)c5ccccc5)CC[C@]4(C)[C@H]3CC[C@]12C.O.O.[CH2-]C(CCO[C@H]1CC[C@@]2(C)C(=CC[C@H]3[C@@H]4CC[C@H]([C@H](C)CCCC(C)C)[C@@]4(C)CC[C@@H]32)C1)P(=O)(c1ccccc1)c1ccccc1.[CH2-]C1CCCCC1[NH-].[CH2-]C1CCCCC1[NH-].[Pt+2].[Pt]. The van der Waals surface area contributed by atoms with Gasteiger partial charge in [0.1, 0.15) is 14.3 Å². The number of rotatable bonds is 24. The summed E-state index contributed by atoms with van der Waals surface area (Å²) in [5, 5.41) is 3.71. The predicted molar refractivity (Wildman–Crippen MR) is 478 cm³/mol. The Morgan fingerprint density at radius 1 is 0.442 bits per heavy atom. The van der Waals surface area contributed by atoms with Gasteiger partial charge in [-0.15, -0.1) is 5.66 Å². The summed E-state index contributed by atoms with van der Waals surface area (Å²) in [6.07, 6.45) is 46.7. The third-order valence-electron chi connectivity index (χ3n) is 31.7. The van der Waals surface area contributed by atoms with Gasteiger partial charge in [-0.2, -0.15) is 23.9 Å². The van der Waals surface area contributed by atoms with E-state index in [0.717, 1.165) is 137 Å². The molecule has 0 heterocycles. The zero-order chi connectivity index (χ0) is 77.0. The maximum absolute atomic E-state index is 14.7. The summed E-state index contributed by atoms with van der Waals surface area (Å²) in [7, 11) is -5.64. The Morgan fingerprint density at radius 3 is 1.12 bits per heavy atom. The van der Waals surface area contributed by atoms with E-state index in [-0.39, 0.29) is 90.0 Å². The number of hydrogen-bond acceptors (Lipinski definition) is 4. The molecule has 12 heteroatoms. The van der Waals surface area contributed by atoms with Gasteiger partial charge in [-0.25, -0.2) is 0 Å². The van der Waals surface area contributed by atoms with Crippen molar-refractivity contribution in [2.75, 3.05) is 13.2 Å². The number of hydrogen-bond donors (Lipinski definition) is 0. The van der Waals surface area contributed by atoms with E-state index >= 15 is 0 Å². The van der Waals surface area contributed by atoms with Gasteiger partial charge in [0, 0.05) is 61.2 Å². The van der Waals surface area contributed by atoms with Crippen molar-refractivity contribution in [2.24, 2.45) is 105 Å². The summed E-state index contributed by atoms with van der Waals surface area (Å²) in [6, 6.07) is 40.5. The molecule has 0 saturated heterocycles. The van der Waals surface area contributed by atoms with Gasteiger partial charge in [-0.3, -0.25) is 0 Å². The molecule has 22 atom stereocenters. The van der Waals surface area contributed by atoms with Crippen LogP contribution in [-0.2, 0) is 60.7 Å². The van der Waals surface area contributed by atoms with E-state index in [0.29, 0.717) is 59.2 Å². The Bertz CT molecular complexity index is 3220. The fourth-order valence-electron chi connectivity index (χ4n) is 25.0. The van der Waals surface area contributed by atoms with Gasteiger partial charge in [0.15, 0.2) is 0 Å². The summed E-state index contributed by atoms with van der Waals surface area (Å²) < 4.78 is 42.7. The van der Waals surface area contributed by atoms with Gasteiger partial charge >= 0.3 is 21.1 Å². The van der Waals surface area contributed by atoms with Crippen LogP contribution in [0.5, 0.6) is 0 Å². The molecule has 8 fully saturated rings. The van der Waals surface area contributed by atoms with Gasteiger partial charge in [-0.05, 0) is 208 Å². The van der Waals surface area contributed by atoms with E-state index < -0.39 is 14.3 Å². The summed E-state index contributed by atoms with van der Waals surface area (Å²) >= 11 is 0. The average molecular weight is 1950 g/mol. The van der Waals surface area contributed by atoms with Crippen LogP contribution < -0.4 is 21.2 Å². The molecule has 10 aliphatic carbocycles. The van der Waals surface area contributed by atoms with E-state index in [4.69, 9.17) is 20.9 Å². The van der Waals surface area contributed by atoms with Crippen molar-refractivity contribution < 1.29 is 71.7 Å². The summed E-state index contributed by atoms with van der Waals surface area (Å²) in [5.74, 6) is 11.4. The van der Waals surface area contributed by atoms with Crippen molar-refractivity contribution in [3.63, 3.8) is 0 Å². The largest absolute Gasteiger partial charge is 2.00 e. The van der Waals surface area contributed by atoms with Gasteiger partial charge in [0.25, 0.3) is 0 Å². The quantitative estimate of drug-likeness (QED) is 0.0388. The molecule has 642 valence electrons. The zero-order valence-corrected chi connectivity index (χ0v) is 77.9. The van der Waals surface area contributed by atoms with Crippen LogP contribution in [0.25, 0.3) is 11.5 Å². The predicted octanol–water partition coefficient (Wildman–Crippen LogP) is 26.1. The fraction of sp³-hybridized carbons (Fsp3) is 0.693. The summed E-state index contributed by atoms with van der Waals surface area (Å²) in [6.45, 7) is 41.1. The molecule has 0 spiro atoms. The average Bonchev–Trinajstić information content (AvgIpc) is 1.66. The van der Waals surface area contributed by atoms with Gasteiger partial charge < -0.3 is 61.8 Å². The Morgan fingerprint density at radius 2 is 0.788 bits per heavy atom. The Balaban J connectivity index is 0.000000282. The minimum Gasteiger partial charge on any atom is -0.677 e. The third-order valence-corrected chi connectivity index (χ3v) is 38.8. The Hall–Kier alpha value is -2.04. The second kappa shape index (κ2) is 45.2. The molecule has 113 heavy (non-hydrogen) atoms. The number of fused-ring (bicyclic) bond motifs is 10. The topological polar surface area (TPSA) is 163 Å². The molecule has 10 aliphatic rings. The standard InChI is InChI=1S/C43H63O2P.C43H62O2P.2C7H13N.CH4.2H2O.2Pt/c2*1-31(2)14-13-15-32(3)39-22-23-40-38-21-20-34-30-35(24-27-42(34,5)41(38)25-28-43(39,40)6)45-29-26-33(4)46(44,36-16-9-7-10-17-36)37-18-11-8-12-19-37;2*1-6-4-2-3-5-7(6)8;;;;;/h7-12,16-20,31-33,35,38-41H,13-15,21-30H2,1-6H3;7-12,16-20,31-33,35,38-41H,4,13-15,21-30H2,1-3,5-6H3;2*6-8H,1-5H2;1H4;2*1H2;;/q;-1;2*-2;;;;;+2/t2*32-,33?,35+,38+,39-,40+,41+,42+,43-;;;;;;;/m11......./s1. The molecule has 0 aliphatic heterocycles. The van der Waals surface area contributed by atoms with Crippen molar-refractivity contribution in [1.82, 2.24) is 0 Å². The molecule has 0 radical (unpaired) electrons. The van der Waals surface area contributed by atoms with Crippen LogP contribution in [0.3, 0.4) is 0 Å². The molecule has 4 aromatic rings. The molecule has 14 rings (SSSR count). The second-order valence-electron chi connectivity index (χ2n) is 39.1. The molecule has 6 N–H and O–H groups in total. The summed E-state index contributed by atoms with van der Waals surface area (Å²) in [5.41, 5.74) is 19.8. The molecule has 0 aromatic heterocycles. The first-order valence-corrected chi connectivity index (χ1v) is 48.3. The number of nitrogens with one attached hydrogen (secondary N) is 2. The van der Waals surface area contributed by atoms with Crippen molar-refractivity contribution in [3.05, 3.63) is 177 Å². The first-order valence-electron chi connectivity index (χ1n) is 44.7. The van der Waals surface area contributed by atoms with E-state index in [9.17, 15) is 9.13 Å². The summed E-state index contributed by atoms with van der Waals surface area (Å²) in [4.78, 5) is 0. The minimum absolute atomic E-state index is 0. The second-order valence-corrected chi connectivity index (χ2v) is 45.4. The van der Waals surface area contributed by atoms with E-state index in [2.05, 4.69) is 109 Å². The van der Waals surface area contributed by atoms with E-state index in [1.807, 2.05) is 121 Å². The molecule has 6 unspecified atom stereocenters. The van der Waals surface area contributed by atoms with E-state index in [1.54, 1.807) is 11.1 Å². The number of benzene rings is 4. The van der Waals surface area contributed by atoms with E-state index in [1.165, 1.54) is 154 Å². The molecule has 4 aromatic carbocycles. The monoisotopic (exact) mass is 1950 g/mol. The molecule has 8 nitrogen and oxygen atoms in total. The molecule has 0 bridgehead atoms. The first-order chi connectivity index (χ1) is 51.7. The van der Waals surface area contributed by atoms with Crippen LogP contribution in [0.4, 0.5) is 0 Å². The fourth-order valence-corrected chi connectivity index (χ4v) is 30.8. The minimum atomic E-state index is -2.87. The van der Waals surface area contributed by atoms with Crippen molar-refractivity contribution in [3.8, 4) is 0 Å². The van der Waals surface area contributed by atoms with Crippen molar-refractivity contribution in [2.45, 2.75) is 325 Å². The molecular weight excluding hydrogens is 1790 g/mol. The Labute approximate surface area is 721 Å². The zero-order valence-electron chi connectivity index (χ0n) is 71.6. The van der Waals surface area contributed by atoms with Crippen molar-refractivity contribution in [1.29, 1.82) is 0 Å². The normalized spacial score (nSPS) is 33.2. The first kappa shape index (κ1) is 99.8. The number of allylic oxidation sites excluding steroid dienone is 2. The maximum atomic E-state index is 14.7. The van der Waals surface area contributed by atoms with Crippen LogP contribution in [-0.4, -0.2) is 59.8 Å². The van der Waals surface area contributed by atoms with Crippen LogP contribution in [0.2, 0.25) is 0 Å². The van der Waals surface area contributed by atoms with Gasteiger partial charge in [-0.1, -0.05) is 318 Å². The maximum Gasteiger partial charge on any atom is 2.00 e. The Kier molecular flexibility index (Phi) is 39.9. The number of ether oxygens (including phenoxy) is 2. The molecular formula is C101H159N2O6P2Pt2-3. The van der Waals surface area contributed by atoms with Gasteiger partial charge in [0.2, 0.25) is 0 Å². The van der Waals surface area contributed by atoms with Crippen LogP contribution in [0, 0.1) is 125 Å². The van der Waals surface area contributed by atoms with Crippen LogP contribution in [0.1, 0.15) is 289 Å². The van der Waals surface area contributed by atoms with Gasteiger partial charge in [0.05, 0.1) is 12.2 Å². The van der Waals surface area contributed by atoms with Crippen LogP contribution in [0.15, 0.2) is 145 Å². The third kappa shape index (κ3) is 23.0. The smallest absolute Gasteiger partial charge is 0.677 e. The molecule has 0 amide bonds. The van der Waals surface area contributed by atoms with Crippen LogP contribution >= 0.6 is 14.3 Å². The molecule has 8 saturated carbocycles.